The first-order chi connectivity index (χ1) is 8.54. The lowest BCUT2D eigenvalue weighted by Crippen LogP contribution is -2.39. The summed E-state index contributed by atoms with van der Waals surface area (Å²) < 4.78 is 4.94. The van der Waals surface area contributed by atoms with Crippen molar-refractivity contribution in [2.24, 2.45) is 29.6 Å². The van der Waals surface area contributed by atoms with E-state index in [1.54, 1.807) is 0 Å². The molecule has 0 aromatic carbocycles. The van der Waals surface area contributed by atoms with Gasteiger partial charge in [0.05, 0.1) is 13.0 Å². The number of allylic oxidation sites excluding steroid dienone is 2. The van der Waals surface area contributed by atoms with Crippen LogP contribution in [0.1, 0.15) is 46.5 Å². The number of hydrogen-bond acceptors (Lipinski definition) is 2. The van der Waals surface area contributed by atoms with E-state index in [2.05, 4.69) is 19.9 Å². The number of ether oxygens (including phenoxy) is 1. The molecular formula is C16H26O2. The number of carbonyl (C=O) groups is 1. The van der Waals surface area contributed by atoms with E-state index in [9.17, 15) is 4.79 Å². The zero-order chi connectivity index (χ0) is 13.3. The number of methoxy groups -OCH3 is 1. The Morgan fingerprint density at radius 3 is 2.78 bits per heavy atom. The van der Waals surface area contributed by atoms with Crippen LogP contribution in [0.4, 0.5) is 0 Å². The first-order valence-corrected chi connectivity index (χ1v) is 7.29. The molecule has 1 unspecified atom stereocenters. The van der Waals surface area contributed by atoms with Gasteiger partial charge in [0.1, 0.15) is 0 Å². The molecule has 2 nitrogen and oxygen atoms in total. The van der Waals surface area contributed by atoms with E-state index in [4.69, 9.17) is 4.74 Å². The topological polar surface area (TPSA) is 26.3 Å². The normalized spacial score (nSPS) is 37.4. The highest BCUT2D eigenvalue weighted by Gasteiger charge is 2.41. The predicted molar refractivity (Wildman–Crippen MR) is 73.0 cm³/mol. The zero-order valence-corrected chi connectivity index (χ0v) is 12.1. The average molecular weight is 250 g/mol. The molecule has 5 atom stereocenters. The number of hydrogen-bond donors (Lipinski definition) is 0. The molecule has 0 aromatic rings. The maximum absolute atomic E-state index is 11.8. The van der Waals surface area contributed by atoms with Gasteiger partial charge in [-0.15, -0.1) is 0 Å². The van der Waals surface area contributed by atoms with Crippen LogP contribution in [-0.4, -0.2) is 13.1 Å². The summed E-state index contributed by atoms with van der Waals surface area (Å²) in [5, 5.41) is 0. The van der Waals surface area contributed by atoms with Gasteiger partial charge in [-0.3, -0.25) is 4.79 Å². The summed E-state index contributed by atoms with van der Waals surface area (Å²) in [5.41, 5.74) is 1.51. The molecule has 2 rings (SSSR count). The van der Waals surface area contributed by atoms with Gasteiger partial charge in [-0.1, -0.05) is 31.9 Å². The van der Waals surface area contributed by atoms with Crippen molar-refractivity contribution >= 4 is 5.97 Å². The number of esters is 1. The Balaban J connectivity index is 2.20. The molecule has 0 heterocycles. The minimum absolute atomic E-state index is 0.0371. The molecule has 0 bridgehead atoms. The number of rotatable bonds is 2. The molecule has 2 heteroatoms. The Hall–Kier alpha value is -0.790. The second kappa shape index (κ2) is 5.46. The van der Waals surface area contributed by atoms with Gasteiger partial charge < -0.3 is 4.74 Å². The Bertz CT molecular complexity index is 345. The second-order valence-electron chi connectivity index (χ2n) is 6.32. The van der Waals surface area contributed by atoms with E-state index in [0.717, 1.165) is 11.8 Å². The summed E-state index contributed by atoms with van der Waals surface area (Å²) in [6.07, 6.45) is 7.43. The molecule has 2 aliphatic carbocycles. The average Bonchev–Trinajstić information content (AvgIpc) is 2.37. The van der Waals surface area contributed by atoms with E-state index >= 15 is 0 Å². The van der Waals surface area contributed by atoms with E-state index in [0.29, 0.717) is 11.8 Å². The van der Waals surface area contributed by atoms with Crippen LogP contribution >= 0.6 is 0 Å². The molecule has 0 radical (unpaired) electrons. The fourth-order valence-corrected chi connectivity index (χ4v) is 4.03. The van der Waals surface area contributed by atoms with Gasteiger partial charge in [0, 0.05) is 0 Å². The van der Waals surface area contributed by atoms with Crippen LogP contribution in [0.15, 0.2) is 11.6 Å². The Morgan fingerprint density at radius 2 is 2.11 bits per heavy atom. The summed E-state index contributed by atoms with van der Waals surface area (Å²) in [4.78, 5) is 11.8. The molecule has 0 spiro atoms. The van der Waals surface area contributed by atoms with Crippen molar-refractivity contribution in [3.63, 3.8) is 0 Å². The van der Waals surface area contributed by atoms with Crippen LogP contribution in [0.2, 0.25) is 0 Å². The van der Waals surface area contributed by atoms with E-state index in [-0.39, 0.29) is 11.9 Å². The van der Waals surface area contributed by atoms with Gasteiger partial charge in [-0.2, -0.15) is 0 Å². The third-order valence-electron chi connectivity index (χ3n) is 5.24. The van der Waals surface area contributed by atoms with Gasteiger partial charge in [-0.25, -0.2) is 0 Å². The molecule has 0 N–H and O–H groups in total. The largest absolute Gasteiger partial charge is 0.469 e. The molecular weight excluding hydrogens is 224 g/mol. The van der Waals surface area contributed by atoms with Crippen LogP contribution in [0, 0.1) is 29.6 Å². The molecule has 0 saturated heterocycles. The Kier molecular flexibility index (Phi) is 4.14. The summed E-state index contributed by atoms with van der Waals surface area (Å²) in [6.45, 7) is 6.65. The van der Waals surface area contributed by atoms with Crippen LogP contribution in [-0.2, 0) is 9.53 Å². The molecule has 0 aromatic heterocycles. The quantitative estimate of drug-likeness (QED) is 0.550. The highest BCUT2D eigenvalue weighted by atomic mass is 16.5. The second-order valence-corrected chi connectivity index (χ2v) is 6.32. The highest BCUT2D eigenvalue weighted by Crippen LogP contribution is 2.48. The molecule has 1 saturated carbocycles. The first-order valence-electron chi connectivity index (χ1n) is 7.29. The minimum Gasteiger partial charge on any atom is -0.469 e. The van der Waals surface area contributed by atoms with Gasteiger partial charge >= 0.3 is 5.97 Å². The molecule has 1 fully saturated rings. The van der Waals surface area contributed by atoms with Crippen molar-refractivity contribution in [1.82, 2.24) is 0 Å². The molecule has 18 heavy (non-hydrogen) atoms. The Labute approximate surface area is 111 Å². The third-order valence-corrected chi connectivity index (χ3v) is 5.24. The van der Waals surface area contributed by atoms with Gasteiger partial charge in [0.2, 0.25) is 0 Å². The SMILES string of the molecule is COC(=O)[C@H](C)C1CC[C@@H](C)[C@@H]2CCC(C)=C[C@H]12. The van der Waals surface area contributed by atoms with Crippen LogP contribution in [0.5, 0.6) is 0 Å². The minimum atomic E-state index is -0.0371. The molecule has 2 aliphatic rings. The third kappa shape index (κ3) is 2.48. The lowest BCUT2D eigenvalue weighted by molar-refractivity contribution is -0.148. The van der Waals surface area contributed by atoms with Gasteiger partial charge in [0.15, 0.2) is 0 Å². The van der Waals surface area contributed by atoms with Crippen molar-refractivity contribution in [2.45, 2.75) is 46.5 Å². The zero-order valence-electron chi connectivity index (χ0n) is 12.1. The number of carbonyl (C=O) groups excluding carboxylic acids is 1. The smallest absolute Gasteiger partial charge is 0.308 e. The maximum Gasteiger partial charge on any atom is 0.308 e. The van der Waals surface area contributed by atoms with E-state index in [1.807, 2.05) is 6.92 Å². The summed E-state index contributed by atoms with van der Waals surface area (Å²) in [6, 6.07) is 0. The van der Waals surface area contributed by atoms with E-state index in [1.165, 1.54) is 38.4 Å². The number of fused-ring (bicyclic) bond motifs is 1. The van der Waals surface area contributed by atoms with Crippen LogP contribution < -0.4 is 0 Å². The maximum atomic E-state index is 11.8. The van der Waals surface area contributed by atoms with Crippen molar-refractivity contribution < 1.29 is 9.53 Å². The van der Waals surface area contributed by atoms with Crippen LogP contribution in [0.25, 0.3) is 0 Å². The van der Waals surface area contributed by atoms with E-state index < -0.39 is 0 Å². The Morgan fingerprint density at radius 1 is 1.39 bits per heavy atom. The van der Waals surface area contributed by atoms with Crippen LogP contribution in [0.3, 0.4) is 0 Å². The van der Waals surface area contributed by atoms with Gasteiger partial charge in [0.25, 0.3) is 0 Å². The fourth-order valence-electron chi connectivity index (χ4n) is 4.03. The predicted octanol–water partition coefficient (Wildman–Crippen LogP) is 3.81. The highest BCUT2D eigenvalue weighted by molar-refractivity contribution is 5.72. The molecule has 0 amide bonds. The monoisotopic (exact) mass is 250 g/mol. The van der Waals surface area contributed by atoms with Crippen molar-refractivity contribution in [3.8, 4) is 0 Å². The summed E-state index contributed by atoms with van der Waals surface area (Å²) in [7, 11) is 1.50. The van der Waals surface area contributed by atoms with Gasteiger partial charge in [-0.05, 0) is 49.9 Å². The summed E-state index contributed by atoms with van der Waals surface area (Å²) >= 11 is 0. The molecule has 102 valence electrons. The lowest BCUT2D eigenvalue weighted by atomic mass is 9.60. The van der Waals surface area contributed by atoms with Crippen molar-refractivity contribution in [2.75, 3.05) is 7.11 Å². The van der Waals surface area contributed by atoms with Crippen molar-refractivity contribution in [1.29, 1.82) is 0 Å². The van der Waals surface area contributed by atoms with Crippen molar-refractivity contribution in [3.05, 3.63) is 11.6 Å². The lowest BCUT2D eigenvalue weighted by Gasteiger charge is -2.45. The molecule has 0 aliphatic heterocycles. The standard InChI is InChI=1S/C16H26O2/c1-10-5-7-13-11(2)6-8-14(15(13)9-10)12(3)16(17)18-4/h9,11-15H,5-8H2,1-4H3/t11-,12-,13+,14?,15+/m1/s1. The first kappa shape index (κ1) is 13.6. The fraction of sp³-hybridized carbons (Fsp3) is 0.812. The summed E-state index contributed by atoms with van der Waals surface area (Å²) in [5.74, 6) is 2.66.